The third-order valence-corrected chi connectivity index (χ3v) is 2.44. The molecule has 0 aromatic rings. The molecule has 0 bridgehead atoms. The van der Waals surface area contributed by atoms with E-state index in [1.807, 2.05) is 20.8 Å². The normalized spacial score (nSPS) is 14.1. The summed E-state index contributed by atoms with van der Waals surface area (Å²) in [5.41, 5.74) is 0. The number of hydrogen-bond acceptors (Lipinski definition) is 3. The van der Waals surface area contributed by atoms with Gasteiger partial charge in [-0.05, 0) is 25.7 Å². The lowest BCUT2D eigenvalue weighted by Gasteiger charge is -2.19. The summed E-state index contributed by atoms with van der Waals surface area (Å²) in [5, 5.41) is 14.1. The summed E-state index contributed by atoms with van der Waals surface area (Å²) in [6.07, 6.45) is 1.10. The highest BCUT2D eigenvalue weighted by Crippen LogP contribution is 2.04. The van der Waals surface area contributed by atoms with Gasteiger partial charge in [-0.15, -0.1) is 0 Å². The van der Waals surface area contributed by atoms with Crippen molar-refractivity contribution in [1.29, 1.82) is 0 Å². The fourth-order valence-corrected chi connectivity index (χ4v) is 1.48. The van der Waals surface area contributed by atoms with Crippen molar-refractivity contribution in [3.05, 3.63) is 0 Å². The molecule has 0 heterocycles. The van der Waals surface area contributed by atoms with Gasteiger partial charge in [-0.1, -0.05) is 13.8 Å². The molecule has 6 heteroatoms. The van der Waals surface area contributed by atoms with E-state index in [1.54, 1.807) is 7.11 Å². The van der Waals surface area contributed by atoms with Crippen molar-refractivity contribution >= 4 is 12.0 Å². The van der Waals surface area contributed by atoms with Gasteiger partial charge in [-0.25, -0.2) is 9.59 Å². The number of carbonyl (C=O) groups excluding carboxylic acids is 1. The predicted octanol–water partition coefficient (Wildman–Crippen LogP) is 1.21. The van der Waals surface area contributed by atoms with Crippen LogP contribution in [0.25, 0.3) is 0 Å². The van der Waals surface area contributed by atoms with Crippen LogP contribution in [0.3, 0.4) is 0 Å². The average Bonchev–Trinajstić information content (AvgIpc) is 2.24. The molecule has 0 spiro atoms. The molecule has 0 aromatic carbocycles. The molecule has 0 saturated heterocycles. The maximum atomic E-state index is 11.6. The number of carbonyl (C=O) groups is 2. The molecular weight excluding hydrogens is 236 g/mol. The predicted molar refractivity (Wildman–Crippen MR) is 68.5 cm³/mol. The van der Waals surface area contributed by atoms with Gasteiger partial charge in [-0.3, -0.25) is 0 Å². The Kier molecular flexibility index (Phi) is 8.11. The third-order valence-electron chi connectivity index (χ3n) is 2.44. The van der Waals surface area contributed by atoms with Crippen molar-refractivity contribution in [3.8, 4) is 0 Å². The molecule has 6 nitrogen and oxygen atoms in total. The van der Waals surface area contributed by atoms with Crippen LogP contribution in [-0.2, 0) is 9.53 Å². The number of carboxylic acids is 1. The minimum absolute atomic E-state index is 0.0570. The quantitative estimate of drug-likeness (QED) is 0.612. The number of hydrogen-bond donors (Lipinski definition) is 3. The van der Waals surface area contributed by atoms with Gasteiger partial charge in [-0.2, -0.15) is 0 Å². The fourth-order valence-electron chi connectivity index (χ4n) is 1.48. The summed E-state index contributed by atoms with van der Waals surface area (Å²) in [4.78, 5) is 22.6. The molecule has 3 N–H and O–H groups in total. The second-order valence-electron chi connectivity index (χ2n) is 4.82. The van der Waals surface area contributed by atoms with Crippen molar-refractivity contribution in [1.82, 2.24) is 10.6 Å². The molecule has 0 aliphatic carbocycles. The Bertz CT molecular complexity index is 269. The highest BCUT2D eigenvalue weighted by molar-refractivity contribution is 5.82. The van der Waals surface area contributed by atoms with E-state index in [9.17, 15) is 9.59 Å². The first-order chi connectivity index (χ1) is 8.36. The largest absolute Gasteiger partial charge is 0.480 e. The van der Waals surface area contributed by atoms with Crippen LogP contribution in [-0.4, -0.2) is 42.9 Å². The van der Waals surface area contributed by atoms with E-state index in [0.717, 1.165) is 0 Å². The summed E-state index contributed by atoms with van der Waals surface area (Å²) in [6.45, 7) is 6.22. The van der Waals surface area contributed by atoms with Crippen molar-refractivity contribution < 1.29 is 19.4 Å². The second kappa shape index (κ2) is 8.74. The van der Waals surface area contributed by atoms with Crippen molar-refractivity contribution in [2.24, 2.45) is 5.92 Å². The molecule has 1 unspecified atom stereocenters. The van der Waals surface area contributed by atoms with Gasteiger partial charge in [0.25, 0.3) is 0 Å². The zero-order valence-corrected chi connectivity index (χ0v) is 11.5. The van der Waals surface area contributed by atoms with Gasteiger partial charge >= 0.3 is 12.0 Å². The second-order valence-corrected chi connectivity index (χ2v) is 4.82. The van der Waals surface area contributed by atoms with Crippen LogP contribution >= 0.6 is 0 Å². The lowest BCUT2D eigenvalue weighted by molar-refractivity contribution is -0.139. The van der Waals surface area contributed by atoms with Gasteiger partial charge in [0.05, 0.1) is 0 Å². The Hall–Kier alpha value is -1.30. The van der Waals surface area contributed by atoms with E-state index >= 15 is 0 Å². The molecule has 0 saturated carbocycles. The minimum Gasteiger partial charge on any atom is -0.480 e. The Morgan fingerprint density at radius 2 is 1.83 bits per heavy atom. The summed E-state index contributed by atoms with van der Waals surface area (Å²) in [5.74, 6) is -0.805. The van der Waals surface area contributed by atoms with E-state index in [2.05, 4.69) is 10.6 Å². The van der Waals surface area contributed by atoms with E-state index in [1.165, 1.54) is 0 Å². The zero-order valence-electron chi connectivity index (χ0n) is 11.5. The van der Waals surface area contributed by atoms with E-state index in [-0.39, 0.29) is 12.0 Å². The first-order valence-corrected chi connectivity index (χ1v) is 6.15. The first-order valence-electron chi connectivity index (χ1n) is 6.15. The number of urea groups is 1. The maximum absolute atomic E-state index is 11.6. The lowest BCUT2D eigenvalue weighted by atomic mass is 10.0. The highest BCUT2D eigenvalue weighted by atomic mass is 16.5. The Balaban J connectivity index is 4.13. The van der Waals surface area contributed by atoms with E-state index < -0.39 is 18.0 Å². The van der Waals surface area contributed by atoms with Crippen molar-refractivity contribution in [3.63, 3.8) is 0 Å². The first kappa shape index (κ1) is 16.7. The average molecular weight is 260 g/mol. The fraction of sp³-hybridized carbons (Fsp3) is 0.833. The standard InChI is InChI=1S/C12H24N2O4/c1-8(2)7-10(11(15)16)14-12(17)13-9(3)5-6-18-4/h8-10H,5-7H2,1-4H3,(H,15,16)(H2,13,14,17)/t9?,10-/m0/s1. The molecule has 0 aliphatic heterocycles. The summed E-state index contributed by atoms with van der Waals surface area (Å²) in [6, 6.07) is -1.36. The van der Waals surface area contributed by atoms with Crippen LogP contribution in [0.15, 0.2) is 0 Å². The smallest absolute Gasteiger partial charge is 0.326 e. The molecular formula is C12H24N2O4. The monoisotopic (exact) mass is 260 g/mol. The SMILES string of the molecule is COCCC(C)NC(=O)N[C@@H](CC(C)C)C(=O)O. The number of ether oxygens (including phenoxy) is 1. The molecule has 0 aromatic heterocycles. The molecule has 0 aliphatic rings. The maximum Gasteiger partial charge on any atom is 0.326 e. The van der Waals surface area contributed by atoms with Crippen molar-refractivity contribution in [2.75, 3.05) is 13.7 Å². The number of rotatable bonds is 8. The van der Waals surface area contributed by atoms with Gasteiger partial charge in [0, 0.05) is 19.8 Å². The molecule has 18 heavy (non-hydrogen) atoms. The van der Waals surface area contributed by atoms with Gasteiger partial charge in [0.15, 0.2) is 0 Å². The molecule has 2 amide bonds. The molecule has 0 fully saturated rings. The Labute approximate surface area is 108 Å². The number of methoxy groups -OCH3 is 1. The number of aliphatic carboxylic acids is 1. The molecule has 2 atom stereocenters. The molecule has 0 radical (unpaired) electrons. The summed E-state index contributed by atoms with van der Waals surface area (Å²) < 4.78 is 4.90. The highest BCUT2D eigenvalue weighted by Gasteiger charge is 2.21. The zero-order chi connectivity index (χ0) is 14.1. The summed E-state index contributed by atoms with van der Waals surface area (Å²) in [7, 11) is 1.59. The van der Waals surface area contributed by atoms with E-state index in [4.69, 9.17) is 9.84 Å². The van der Waals surface area contributed by atoms with Crippen LogP contribution in [0.1, 0.15) is 33.6 Å². The number of nitrogens with one attached hydrogen (secondary N) is 2. The van der Waals surface area contributed by atoms with E-state index in [0.29, 0.717) is 19.4 Å². The molecule has 0 rings (SSSR count). The van der Waals surface area contributed by atoms with Crippen LogP contribution in [0, 0.1) is 5.92 Å². The van der Waals surface area contributed by atoms with Crippen LogP contribution < -0.4 is 10.6 Å². The Morgan fingerprint density at radius 3 is 2.28 bits per heavy atom. The van der Waals surface area contributed by atoms with Crippen molar-refractivity contribution in [2.45, 2.75) is 45.7 Å². The number of amides is 2. The van der Waals surface area contributed by atoms with Gasteiger partial charge < -0.3 is 20.5 Å². The van der Waals surface area contributed by atoms with Crippen LogP contribution in [0.5, 0.6) is 0 Å². The Morgan fingerprint density at radius 1 is 1.22 bits per heavy atom. The van der Waals surface area contributed by atoms with Crippen LogP contribution in [0.4, 0.5) is 4.79 Å². The number of carboxylic acid groups (broad SMARTS) is 1. The van der Waals surface area contributed by atoms with Crippen LogP contribution in [0.2, 0.25) is 0 Å². The minimum atomic E-state index is -1.01. The molecule has 106 valence electrons. The van der Waals surface area contributed by atoms with Gasteiger partial charge in [0.2, 0.25) is 0 Å². The topological polar surface area (TPSA) is 87.7 Å². The third kappa shape index (κ3) is 7.89. The summed E-state index contributed by atoms with van der Waals surface area (Å²) >= 11 is 0. The van der Waals surface area contributed by atoms with Gasteiger partial charge in [0.1, 0.15) is 6.04 Å². The lowest BCUT2D eigenvalue weighted by Crippen LogP contribution is -2.49.